The maximum Gasteiger partial charge on any atom is 0.0547 e. The number of hydrogen-bond donors (Lipinski definition) is 0. The third-order valence-electron chi connectivity index (χ3n) is 5.78. The first-order chi connectivity index (χ1) is 14.4. The van der Waals surface area contributed by atoms with Gasteiger partial charge < -0.3 is 4.57 Å². The van der Waals surface area contributed by atoms with Crippen LogP contribution in [0.25, 0.3) is 49.4 Å². The lowest BCUT2D eigenvalue weighted by atomic mass is 10.0. The summed E-state index contributed by atoms with van der Waals surface area (Å²) in [5, 5.41) is 5.19. The Labute approximate surface area is 169 Å². The first kappa shape index (κ1) is 16.1. The summed E-state index contributed by atoms with van der Waals surface area (Å²) < 4.78 is 2.38. The molecule has 0 aliphatic carbocycles. The smallest absolute Gasteiger partial charge is 0.0547 e. The van der Waals surface area contributed by atoms with E-state index in [1.165, 1.54) is 49.4 Å². The molecule has 0 unspecified atom stereocenters. The molecule has 0 aliphatic rings. The van der Waals surface area contributed by atoms with Crippen molar-refractivity contribution in [1.82, 2.24) is 4.57 Å². The van der Waals surface area contributed by atoms with E-state index < -0.39 is 0 Å². The number of fused-ring (bicyclic) bond motifs is 5. The molecule has 0 fully saturated rings. The maximum atomic E-state index is 2.38. The van der Waals surface area contributed by atoms with E-state index in [1.807, 2.05) is 0 Å². The fourth-order valence-electron chi connectivity index (χ4n) is 4.46. The molecule has 136 valence electrons. The van der Waals surface area contributed by atoms with E-state index in [9.17, 15) is 0 Å². The topological polar surface area (TPSA) is 4.93 Å². The third kappa shape index (κ3) is 2.48. The predicted molar refractivity (Wildman–Crippen MR) is 124 cm³/mol. The number of benzene rings is 5. The maximum absolute atomic E-state index is 2.38. The van der Waals surface area contributed by atoms with Crippen molar-refractivity contribution in [3.05, 3.63) is 115 Å². The fourth-order valence-corrected chi connectivity index (χ4v) is 4.46. The number of hydrogen-bond acceptors (Lipinski definition) is 0. The van der Waals surface area contributed by atoms with Gasteiger partial charge in [0.2, 0.25) is 0 Å². The fraction of sp³-hybridized carbons (Fsp3) is 0. The van der Waals surface area contributed by atoms with Crippen molar-refractivity contribution in [3.63, 3.8) is 0 Å². The minimum absolute atomic E-state index is 1.19. The summed E-state index contributed by atoms with van der Waals surface area (Å²) in [6.07, 6.45) is 0. The van der Waals surface area contributed by atoms with Gasteiger partial charge in [0.15, 0.2) is 0 Å². The average molecular weight is 369 g/mol. The second-order valence-electron chi connectivity index (χ2n) is 7.45. The minimum Gasteiger partial charge on any atom is -0.309 e. The number of rotatable bonds is 2. The molecule has 1 heterocycles. The van der Waals surface area contributed by atoms with Gasteiger partial charge in [-0.1, -0.05) is 84.9 Å². The van der Waals surface area contributed by atoms with Crippen LogP contribution in [0.2, 0.25) is 0 Å². The van der Waals surface area contributed by atoms with Crippen LogP contribution >= 0.6 is 0 Å². The van der Waals surface area contributed by atoms with Gasteiger partial charge in [-0.25, -0.2) is 0 Å². The second kappa shape index (κ2) is 6.35. The number of aromatic nitrogens is 1. The molecular weight excluding hydrogens is 350 g/mol. The highest BCUT2D eigenvalue weighted by Gasteiger charge is 2.15. The molecule has 0 N–H and O–H groups in total. The quantitative estimate of drug-likeness (QED) is 0.296. The van der Waals surface area contributed by atoms with E-state index in [0.29, 0.717) is 0 Å². The van der Waals surface area contributed by atoms with Crippen molar-refractivity contribution in [2.24, 2.45) is 0 Å². The van der Waals surface area contributed by atoms with Gasteiger partial charge in [-0.3, -0.25) is 0 Å². The van der Waals surface area contributed by atoms with Gasteiger partial charge in [0, 0.05) is 16.5 Å². The van der Waals surface area contributed by atoms with Gasteiger partial charge in [-0.2, -0.15) is 0 Å². The van der Waals surface area contributed by atoms with Crippen LogP contribution in [-0.2, 0) is 0 Å². The van der Waals surface area contributed by atoms with E-state index >= 15 is 0 Å². The molecule has 1 nitrogen and oxygen atoms in total. The molecule has 0 bridgehead atoms. The first-order valence-corrected chi connectivity index (χ1v) is 9.97. The summed E-state index contributed by atoms with van der Waals surface area (Å²) >= 11 is 0. The van der Waals surface area contributed by atoms with Crippen LogP contribution in [0.4, 0.5) is 0 Å². The van der Waals surface area contributed by atoms with Gasteiger partial charge >= 0.3 is 0 Å². The zero-order valence-corrected chi connectivity index (χ0v) is 15.9. The average Bonchev–Trinajstić information content (AvgIpc) is 3.14. The van der Waals surface area contributed by atoms with Crippen LogP contribution in [0.15, 0.2) is 115 Å². The monoisotopic (exact) mass is 369 g/mol. The molecular formula is C28H19N. The summed E-state index contributed by atoms with van der Waals surface area (Å²) in [4.78, 5) is 0. The summed E-state index contributed by atoms with van der Waals surface area (Å²) in [5.74, 6) is 0. The first-order valence-electron chi connectivity index (χ1n) is 9.97. The molecule has 0 spiro atoms. The van der Waals surface area contributed by atoms with E-state index in [1.54, 1.807) is 0 Å². The summed E-state index contributed by atoms with van der Waals surface area (Å²) in [5.41, 5.74) is 6.17. The Morgan fingerprint density at radius 3 is 1.97 bits per heavy atom. The lowest BCUT2D eigenvalue weighted by molar-refractivity contribution is 1.18. The molecule has 1 heteroatoms. The van der Waals surface area contributed by atoms with Crippen LogP contribution in [0.3, 0.4) is 0 Å². The highest BCUT2D eigenvalue weighted by atomic mass is 15.0. The standard InChI is InChI=1S/C28H19N/c1-3-9-20(10-4-1)22-16-17-26-25(19-22)28-24-14-8-7-11-21(24)15-18-27(28)29(26)23-12-5-2-6-13-23/h1-19H. The Morgan fingerprint density at radius 2 is 1.14 bits per heavy atom. The van der Waals surface area contributed by atoms with Crippen LogP contribution in [0, 0.1) is 0 Å². The molecule has 0 aliphatic heterocycles. The normalized spacial score (nSPS) is 11.4. The second-order valence-corrected chi connectivity index (χ2v) is 7.45. The summed E-state index contributed by atoms with van der Waals surface area (Å²) in [6, 6.07) is 41.3. The van der Waals surface area contributed by atoms with Crippen molar-refractivity contribution in [1.29, 1.82) is 0 Å². The highest BCUT2D eigenvalue weighted by molar-refractivity contribution is 6.21. The van der Waals surface area contributed by atoms with Crippen LogP contribution in [0.5, 0.6) is 0 Å². The molecule has 6 rings (SSSR count). The Balaban J connectivity index is 1.79. The molecule has 29 heavy (non-hydrogen) atoms. The molecule has 0 saturated heterocycles. The van der Waals surface area contributed by atoms with Crippen molar-refractivity contribution in [3.8, 4) is 16.8 Å². The van der Waals surface area contributed by atoms with Crippen LogP contribution in [0.1, 0.15) is 0 Å². The van der Waals surface area contributed by atoms with Gasteiger partial charge in [0.25, 0.3) is 0 Å². The molecule has 5 aromatic carbocycles. The molecule has 0 amide bonds. The number of para-hydroxylation sites is 1. The summed E-state index contributed by atoms with van der Waals surface area (Å²) in [7, 11) is 0. The van der Waals surface area contributed by atoms with E-state index in [-0.39, 0.29) is 0 Å². The Morgan fingerprint density at radius 1 is 0.448 bits per heavy atom. The molecule has 6 aromatic rings. The molecule has 1 aromatic heterocycles. The lowest BCUT2D eigenvalue weighted by Crippen LogP contribution is -1.93. The molecule has 0 atom stereocenters. The Hall–Kier alpha value is -3.84. The molecule has 0 radical (unpaired) electrons. The van der Waals surface area contributed by atoms with E-state index in [2.05, 4.69) is 120 Å². The van der Waals surface area contributed by atoms with Gasteiger partial charge in [-0.05, 0) is 52.2 Å². The zero-order chi connectivity index (χ0) is 19.2. The van der Waals surface area contributed by atoms with E-state index in [0.717, 1.165) is 0 Å². The SMILES string of the molecule is c1ccc(-c2ccc3c(c2)c2c4ccccc4ccc2n3-c2ccccc2)cc1. The van der Waals surface area contributed by atoms with Crippen molar-refractivity contribution in [2.45, 2.75) is 0 Å². The van der Waals surface area contributed by atoms with E-state index in [4.69, 9.17) is 0 Å². The summed E-state index contributed by atoms with van der Waals surface area (Å²) in [6.45, 7) is 0. The van der Waals surface area contributed by atoms with Crippen LogP contribution in [-0.4, -0.2) is 4.57 Å². The third-order valence-corrected chi connectivity index (χ3v) is 5.78. The molecule has 0 saturated carbocycles. The predicted octanol–water partition coefficient (Wildman–Crippen LogP) is 7.60. The van der Waals surface area contributed by atoms with Crippen molar-refractivity contribution < 1.29 is 0 Å². The van der Waals surface area contributed by atoms with Gasteiger partial charge in [0.1, 0.15) is 0 Å². The van der Waals surface area contributed by atoms with Gasteiger partial charge in [0.05, 0.1) is 11.0 Å². The minimum atomic E-state index is 1.19. The number of nitrogens with zero attached hydrogens (tertiary/aromatic N) is 1. The Kier molecular flexibility index (Phi) is 3.54. The van der Waals surface area contributed by atoms with Gasteiger partial charge in [-0.15, -0.1) is 0 Å². The van der Waals surface area contributed by atoms with Crippen molar-refractivity contribution >= 4 is 32.6 Å². The largest absolute Gasteiger partial charge is 0.309 e. The Bertz CT molecular complexity index is 1480. The van der Waals surface area contributed by atoms with Crippen LogP contribution < -0.4 is 0 Å². The van der Waals surface area contributed by atoms with Crippen molar-refractivity contribution in [2.75, 3.05) is 0 Å². The lowest BCUT2D eigenvalue weighted by Gasteiger charge is -2.08. The highest BCUT2D eigenvalue weighted by Crippen LogP contribution is 2.38. The zero-order valence-electron chi connectivity index (χ0n) is 15.9.